The molecule has 1 aliphatic heterocycles. The summed E-state index contributed by atoms with van der Waals surface area (Å²) in [5.41, 5.74) is 1.43. The van der Waals surface area contributed by atoms with Crippen molar-refractivity contribution in [3.63, 3.8) is 0 Å². The molecular formula is C10H15ClN2. The maximum absolute atomic E-state index is 4.02. The molecular weight excluding hydrogens is 184 g/mol. The molecule has 2 nitrogen and oxygen atoms in total. The molecule has 1 saturated heterocycles. The molecule has 1 N–H and O–H groups in total. The molecule has 0 amide bonds. The van der Waals surface area contributed by atoms with Crippen LogP contribution in [0.5, 0.6) is 0 Å². The molecule has 0 saturated carbocycles. The van der Waals surface area contributed by atoms with Gasteiger partial charge in [0.1, 0.15) is 0 Å². The Balaban J connectivity index is 0.000000845. The van der Waals surface area contributed by atoms with Crippen molar-refractivity contribution < 1.29 is 0 Å². The second kappa shape index (κ2) is 5.20. The Hall–Kier alpha value is -0.600. The van der Waals surface area contributed by atoms with Crippen LogP contribution >= 0.6 is 12.4 Å². The third-order valence-electron chi connectivity index (χ3n) is 2.47. The van der Waals surface area contributed by atoms with Gasteiger partial charge in [-0.05, 0) is 43.0 Å². The van der Waals surface area contributed by atoms with Crippen molar-refractivity contribution in [1.29, 1.82) is 0 Å². The van der Waals surface area contributed by atoms with E-state index in [1.807, 2.05) is 12.4 Å². The number of aromatic nitrogens is 1. The van der Waals surface area contributed by atoms with Gasteiger partial charge < -0.3 is 5.32 Å². The molecule has 13 heavy (non-hydrogen) atoms. The smallest absolute Gasteiger partial charge is 0.0270 e. The highest BCUT2D eigenvalue weighted by Crippen LogP contribution is 2.21. The SMILES string of the molecule is Cl.c1cc(C2CCCNC2)ccn1. The summed E-state index contributed by atoms with van der Waals surface area (Å²) in [6, 6.07) is 4.25. The number of rotatable bonds is 1. The molecule has 2 heterocycles. The van der Waals surface area contributed by atoms with E-state index in [1.54, 1.807) is 0 Å². The Bertz CT molecular complexity index is 232. The highest BCUT2D eigenvalue weighted by Gasteiger charge is 2.13. The summed E-state index contributed by atoms with van der Waals surface area (Å²) in [6.45, 7) is 2.31. The van der Waals surface area contributed by atoms with Crippen LogP contribution in [-0.4, -0.2) is 18.1 Å². The van der Waals surface area contributed by atoms with E-state index in [4.69, 9.17) is 0 Å². The van der Waals surface area contributed by atoms with Crippen LogP contribution in [0, 0.1) is 0 Å². The first-order valence-corrected chi connectivity index (χ1v) is 4.57. The van der Waals surface area contributed by atoms with E-state index in [2.05, 4.69) is 22.4 Å². The predicted molar refractivity (Wildman–Crippen MR) is 56.3 cm³/mol. The van der Waals surface area contributed by atoms with Crippen molar-refractivity contribution in [3.05, 3.63) is 30.1 Å². The molecule has 0 aliphatic carbocycles. The predicted octanol–water partition coefficient (Wildman–Crippen LogP) is 1.97. The minimum atomic E-state index is 0. The average molecular weight is 199 g/mol. The zero-order chi connectivity index (χ0) is 8.23. The second-order valence-corrected chi connectivity index (χ2v) is 3.32. The minimum absolute atomic E-state index is 0. The fourth-order valence-electron chi connectivity index (χ4n) is 1.77. The highest BCUT2D eigenvalue weighted by molar-refractivity contribution is 5.85. The number of hydrogen-bond donors (Lipinski definition) is 1. The van der Waals surface area contributed by atoms with Gasteiger partial charge in [0.25, 0.3) is 0 Å². The topological polar surface area (TPSA) is 24.9 Å². The quantitative estimate of drug-likeness (QED) is 0.747. The number of nitrogens with zero attached hydrogens (tertiary/aromatic N) is 1. The van der Waals surface area contributed by atoms with Gasteiger partial charge in [0.2, 0.25) is 0 Å². The van der Waals surface area contributed by atoms with Crippen LogP contribution in [0.2, 0.25) is 0 Å². The third-order valence-corrected chi connectivity index (χ3v) is 2.47. The number of hydrogen-bond acceptors (Lipinski definition) is 2. The minimum Gasteiger partial charge on any atom is -0.316 e. The molecule has 72 valence electrons. The van der Waals surface area contributed by atoms with Crippen LogP contribution in [0.4, 0.5) is 0 Å². The lowest BCUT2D eigenvalue weighted by atomic mass is 9.93. The van der Waals surface area contributed by atoms with Crippen LogP contribution in [0.15, 0.2) is 24.5 Å². The van der Waals surface area contributed by atoms with Crippen LogP contribution in [0.25, 0.3) is 0 Å². The van der Waals surface area contributed by atoms with Gasteiger partial charge in [0.15, 0.2) is 0 Å². The van der Waals surface area contributed by atoms with Gasteiger partial charge >= 0.3 is 0 Å². The molecule has 1 aliphatic rings. The lowest BCUT2D eigenvalue weighted by Crippen LogP contribution is -2.28. The average Bonchev–Trinajstić information content (AvgIpc) is 2.21. The summed E-state index contributed by atoms with van der Waals surface area (Å²) < 4.78 is 0. The lowest BCUT2D eigenvalue weighted by Gasteiger charge is -2.22. The Labute approximate surface area is 85.2 Å². The van der Waals surface area contributed by atoms with E-state index in [9.17, 15) is 0 Å². The third kappa shape index (κ3) is 2.68. The van der Waals surface area contributed by atoms with Gasteiger partial charge in [-0.25, -0.2) is 0 Å². The molecule has 0 aromatic carbocycles. The Morgan fingerprint density at radius 2 is 2.08 bits per heavy atom. The van der Waals surface area contributed by atoms with Crippen LogP contribution < -0.4 is 5.32 Å². The van der Waals surface area contributed by atoms with Gasteiger partial charge in [-0.3, -0.25) is 4.98 Å². The Kier molecular flexibility index (Phi) is 4.19. The van der Waals surface area contributed by atoms with Crippen molar-refractivity contribution in [2.45, 2.75) is 18.8 Å². The lowest BCUT2D eigenvalue weighted by molar-refractivity contribution is 0.461. The van der Waals surface area contributed by atoms with Gasteiger partial charge in [-0.15, -0.1) is 12.4 Å². The Morgan fingerprint density at radius 1 is 1.31 bits per heavy atom. The van der Waals surface area contributed by atoms with Crippen molar-refractivity contribution in [2.24, 2.45) is 0 Å². The Morgan fingerprint density at radius 3 is 2.69 bits per heavy atom. The number of piperidine rings is 1. The van der Waals surface area contributed by atoms with Gasteiger partial charge in [-0.2, -0.15) is 0 Å². The number of halogens is 1. The molecule has 0 spiro atoms. The normalized spacial score (nSPS) is 22.0. The van der Waals surface area contributed by atoms with E-state index in [1.165, 1.54) is 24.9 Å². The monoisotopic (exact) mass is 198 g/mol. The first kappa shape index (κ1) is 10.5. The van der Waals surface area contributed by atoms with E-state index >= 15 is 0 Å². The largest absolute Gasteiger partial charge is 0.316 e. The van der Waals surface area contributed by atoms with Crippen LogP contribution in [0.1, 0.15) is 24.3 Å². The summed E-state index contributed by atoms with van der Waals surface area (Å²) >= 11 is 0. The summed E-state index contributed by atoms with van der Waals surface area (Å²) in [5, 5.41) is 3.41. The summed E-state index contributed by atoms with van der Waals surface area (Å²) in [4.78, 5) is 4.02. The zero-order valence-electron chi connectivity index (χ0n) is 7.57. The van der Waals surface area contributed by atoms with Crippen molar-refractivity contribution in [3.8, 4) is 0 Å². The fraction of sp³-hybridized carbons (Fsp3) is 0.500. The second-order valence-electron chi connectivity index (χ2n) is 3.32. The molecule has 0 radical (unpaired) electrons. The van der Waals surface area contributed by atoms with Crippen molar-refractivity contribution in [2.75, 3.05) is 13.1 Å². The van der Waals surface area contributed by atoms with E-state index in [0.29, 0.717) is 5.92 Å². The highest BCUT2D eigenvalue weighted by atomic mass is 35.5. The standard InChI is InChI=1S/C10H14N2.ClH/c1-2-10(8-12-5-1)9-3-6-11-7-4-9;/h3-4,6-7,10,12H,1-2,5,8H2;1H. The van der Waals surface area contributed by atoms with Gasteiger partial charge in [0.05, 0.1) is 0 Å². The number of nitrogens with one attached hydrogen (secondary N) is 1. The molecule has 1 aromatic heterocycles. The molecule has 2 rings (SSSR count). The molecule has 1 aromatic rings. The van der Waals surface area contributed by atoms with Crippen LogP contribution in [-0.2, 0) is 0 Å². The zero-order valence-corrected chi connectivity index (χ0v) is 8.39. The summed E-state index contributed by atoms with van der Waals surface area (Å²) in [6.07, 6.45) is 6.37. The maximum atomic E-state index is 4.02. The molecule has 3 heteroatoms. The first-order chi connectivity index (χ1) is 5.97. The molecule has 1 unspecified atom stereocenters. The van der Waals surface area contributed by atoms with E-state index in [-0.39, 0.29) is 12.4 Å². The molecule has 1 atom stereocenters. The summed E-state index contributed by atoms with van der Waals surface area (Å²) in [7, 11) is 0. The van der Waals surface area contributed by atoms with E-state index < -0.39 is 0 Å². The summed E-state index contributed by atoms with van der Waals surface area (Å²) in [5.74, 6) is 0.710. The van der Waals surface area contributed by atoms with Gasteiger partial charge in [0, 0.05) is 18.9 Å². The number of pyridine rings is 1. The maximum Gasteiger partial charge on any atom is 0.0270 e. The fourth-order valence-corrected chi connectivity index (χ4v) is 1.77. The van der Waals surface area contributed by atoms with Crippen molar-refractivity contribution in [1.82, 2.24) is 10.3 Å². The van der Waals surface area contributed by atoms with E-state index in [0.717, 1.165) is 6.54 Å². The first-order valence-electron chi connectivity index (χ1n) is 4.57. The van der Waals surface area contributed by atoms with Crippen molar-refractivity contribution >= 4 is 12.4 Å². The molecule has 1 fully saturated rings. The van der Waals surface area contributed by atoms with Crippen LogP contribution in [0.3, 0.4) is 0 Å². The van der Waals surface area contributed by atoms with Gasteiger partial charge in [-0.1, -0.05) is 0 Å². The molecule has 0 bridgehead atoms.